The fourth-order valence-corrected chi connectivity index (χ4v) is 5.22. The minimum absolute atomic E-state index is 0.0260. The third-order valence-electron chi connectivity index (χ3n) is 6.05. The molecule has 4 rings (SSSR count). The van der Waals surface area contributed by atoms with Gasteiger partial charge in [-0.25, -0.2) is 0 Å². The second kappa shape index (κ2) is 10.4. The minimum Gasteiger partial charge on any atom is -0.493 e. The van der Waals surface area contributed by atoms with Crippen molar-refractivity contribution in [3.8, 4) is 11.5 Å². The number of ether oxygens (including phenoxy) is 2. The van der Waals surface area contributed by atoms with Crippen LogP contribution >= 0.6 is 11.3 Å². The van der Waals surface area contributed by atoms with Crippen LogP contribution in [0.3, 0.4) is 0 Å². The molecule has 0 saturated carbocycles. The molecule has 1 saturated heterocycles. The molecule has 3 heterocycles. The van der Waals surface area contributed by atoms with Crippen molar-refractivity contribution < 1.29 is 18.7 Å². The Morgan fingerprint density at radius 1 is 1.12 bits per heavy atom. The highest BCUT2D eigenvalue weighted by Gasteiger charge is 2.30. The number of hydrogen-bond acceptors (Lipinski definition) is 7. The van der Waals surface area contributed by atoms with Gasteiger partial charge in [0.2, 0.25) is 0 Å². The van der Waals surface area contributed by atoms with E-state index in [2.05, 4.69) is 41.2 Å². The number of amides is 1. The predicted octanol–water partition coefficient (Wildman–Crippen LogP) is 4.51. The molecular weight excluding hydrogens is 438 g/mol. The highest BCUT2D eigenvalue weighted by Crippen LogP contribution is 2.42. The van der Waals surface area contributed by atoms with E-state index in [1.807, 2.05) is 12.1 Å². The van der Waals surface area contributed by atoms with Crippen molar-refractivity contribution in [2.45, 2.75) is 19.4 Å². The molecule has 0 aliphatic carbocycles. The topological polar surface area (TPSA) is 67.2 Å². The first-order valence-corrected chi connectivity index (χ1v) is 12.0. The van der Waals surface area contributed by atoms with Gasteiger partial charge in [-0.05, 0) is 49.4 Å². The zero-order valence-corrected chi connectivity index (χ0v) is 20.4. The number of piperazine rings is 1. The van der Waals surface area contributed by atoms with Gasteiger partial charge < -0.3 is 24.1 Å². The molecule has 176 valence electrons. The number of furan rings is 1. The summed E-state index contributed by atoms with van der Waals surface area (Å²) in [6.07, 6.45) is 2.41. The Morgan fingerprint density at radius 2 is 1.88 bits per heavy atom. The fourth-order valence-electron chi connectivity index (χ4n) is 4.20. The fraction of sp³-hybridized carbons (Fsp3) is 0.400. The number of hydrogen-bond donors (Lipinski definition) is 1. The van der Waals surface area contributed by atoms with E-state index in [9.17, 15) is 4.79 Å². The summed E-state index contributed by atoms with van der Waals surface area (Å²) in [5.41, 5.74) is 2.19. The molecule has 0 radical (unpaired) electrons. The highest BCUT2D eigenvalue weighted by molar-refractivity contribution is 7.16. The largest absolute Gasteiger partial charge is 0.493 e. The van der Waals surface area contributed by atoms with Crippen LogP contribution in [0.1, 0.15) is 39.5 Å². The van der Waals surface area contributed by atoms with Crippen molar-refractivity contribution in [3.05, 3.63) is 64.4 Å². The van der Waals surface area contributed by atoms with Gasteiger partial charge in [-0.15, -0.1) is 11.3 Å². The molecule has 1 aliphatic heterocycles. The summed E-state index contributed by atoms with van der Waals surface area (Å²) >= 11 is 1.62. The van der Waals surface area contributed by atoms with Crippen LogP contribution in [0.5, 0.6) is 11.5 Å². The van der Waals surface area contributed by atoms with Gasteiger partial charge in [-0.1, -0.05) is 13.0 Å². The zero-order chi connectivity index (χ0) is 23.4. The van der Waals surface area contributed by atoms with Crippen LogP contribution in [0.4, 0.5) is 5.00 Å². The summed E-state index contributed by atoms with van der Waals surface area (Å²) in [7, 11) is 5.45. The van der Waals surface area contributed by atoms with E-state index in [1.165, 1.54) is 11.1 Å². The maximum Gasteiger partial charge on any atom is 0.291 e. The minimum atomic E-state index is -0.241. The lowest BCUT2D eigenvalue weighted by Gasteiger charge is -2.38. The van der Waals surface area contributed by atoms with Crippen LogP contribution in [-0.2, 0) is 6.42 Å². The number of nitrogens with one attached hydrogen (secondary N) is 1. The Bertz CT molecular complexity index is 1070. The van der Waals surface area contributed by atoms with Crippen molar-refractivity contribution in [1.29, 1.82) is 0 Å². The van der Waals surface area contributed by atoms with Gasteiger partial charge in [-0.3, -0.25) is 9.69 Å². The molecular formula is C25H31N3O4S. The number of nitrogens with zero attached hydrogens (tertiary/aromatic N) is 2. The average molecular weight is 470 g/mol. The molecule has 1 aliphatic rings. The van der Waals surface area contributed by atoms with Crippen molar-refractivity contribution in [3.63, 3.8) is 0 Å². The van der Waals surface area contributed by atoms with E-state index in [4.69, 9.17) is 13.9 Å². The molecule has 1 amide bonds. The normalized spacial score (nSPS) is 15.9. The maximum atomic E-state index is 12.8. The molecule has 33 heavy (non-hydrogen) atoms. The molecule has 0 unspecified atom stereocenters. The lowest BCUT2D eigenvalue weighted by molar-refractivity contribution is 0.0996. The number of carbonyl (C=O) groups excluding carboxylic acids is 1. The first-order valence-electron chi connectivity index (χ1n) is 11.2. The van der Waals surface area contributed by atoms with Gasteiger partial charge in [0.1, 0.15) is 5.00 Å². The first kappa shape index (κ1) is 23.4. The maximum absolute atomic E-state index is 12.8. The summed E-state index contributed by atoms with van der Waals surface area (Å²) in [5.74, 6) is 1.45. The van der Waals surface area contributed by atoms with Gasteiger partial charge in [0.05, 0.1) is 26.5 Å². The molecule has 0 spiro atoms. The molecule has 7 nitrogen and oxygen atoms in total. The number of likely N-dealkylation sites (N-methyl/N-ethyl adjacent to an activating group) is 1. The smallest absolute Gasteiger partial charge is 0.291 e. The van der Waals surface area contributed by atoms with Crippen molar-refractivity contribution >= 4 is 22.2 Å². The van der Waals surface area contributed by atoms with Gasteiger partial charge in [0.25, 0.3) is 5.91 Å². The van der Waals surface area contributed by atoms with Gasteiger partial charge in [0.15, 0.2) is 17.3 Å². The molecule has 1 aromatic carbocycles. The van der Waals surface area contributed by atoms with Crippen LogP contribution in [0.2, 0.25) is 0 Å². The number of anilines is 1. The second-order valence-electron chi connectivity index (χ2n) is 8.14. The van der Waals surface area contributed by atoms with Gasteiger partial charge in [0, 0.05) is 36.6 Å². The Balaban J connectivity index is 1.77. The predicted molar refractivity (Wildman–Crippen MR) is 131 cm³/mol. The van der Waals surface area contributed by atoms with E-state index < -0.39 is 0 Å². The number of methoxy groups -OCH3 is 2. The summed E-state index contributed by atoms with van der Waals surface area (Å²) in [5, 5.41) is 3.96. The van der Waals surface area contributed by atoms with E-state index >= 15 is 0 Å². The Hall–Kier alpha value is -2.81. The lowest BCUT2D eigenvalue weighted by atomic mass is 9.96. The van der Waals surface area contributed by atoms with Crippen LogP contribution < -0.4 is 14.8 Å². The number of rotatable bonds is 8. The SMILES string of the molecule is CCc1cc([C@H](c2ccc(OC)c(OC)c2)N2CCN(C)CC2)c(NC(=O)c2ccco2)s1. The quantitative estimate of drug-likeness (QED) is 0.524. The van der Waals surface area contributed by atoms with Crippen molar-refractivity contribution in [2.75, 3.05) is 52.8 Å². The molecule has 1 N–H and O–H groups in total. The van der Waals surface area contributed by atoms with Crippen LogP contribution in [0.15, 0.2) is 47.1 Å². The molecule has 8 heteroatoms. The summed E-state index contributed by atoms with van der Waals surface area (Å²) in [6, 6.07) is 11.7. The number of benzene rings is 1. The van der Waals surface area contributed by atoms with Gasteiger partial charge >= 0.3 is 0 Å². The summed E-state index contributed by atoms with van der Waals surface area (Å²) in [6.45, 7) is 5.97. The van der Waals surface area contributed by atoms with Crippen LogP contribution in [0.25, 0.3) is 0 Å². The van der Waals surface area contributed by atoms with E-state index in [-0.39, 0.29) is 11.9 Å². The van der Waals surface area contributed by atoms with Crippen molar-refractivity contribution in [2.24, 2.45) is 0 Å². The number of thiophene rings is 1. The van der Waals surface area contributed by atoms with Crippen LogP contribution in [-0.4, -0.2) is 63.2 Å². The van der Waals surface area contributed by atoms with Gasteiger partial charge in [-0.2, -0.15) is 0 Å². The van der Waals surface area contributed by atoms with Crippen molar-refractivity contribution in [1.82, 2.24) is 9.80 Å². The average Bonchev–Trinajstić information content (AvgIpc) is 3.51. The number of aryl methyl sites for hydroxylation is 1. The van der Waals surface area contributed by atoms with E-state index in [1.54, 1.807) is 37.7 Å². The molecule has 1 atom stereocenters. The molecule has 1 fully saturated rings. The molecule has 2 aromatic heterocycles. The molecule has 3 aromatic rings. The Kier molecular flexibility index (Phi) is 7.37. The third kappa shape index (κ3) is 5.08. The van der Waals surface area contributed by atoms with Crippen LogP contribution in [0, 0.1) is 0 Å². The lowest BCUT2D eigenvalue weighted by Crippen LogP contribution is -2.46. The molecule has 0 bridgehead atoms. The summed E-state index contributed by atoms with van der Waals surface area (Å²) < 4.78 is 16.4. The highest BCUT2D eigenvalue weighted by atomic mass is 32.1. The third-order valence-corrected chi connectivity index (χ3v) is 7.26. The zero-order valence-electron chi connectivity index (χ0n) is 19.6. The number of carbonyl (C=O) groups is 1. The van der Waals surface area contributed by atoms with E-state index in [0.29, 0.717) is 17.3 Å². The summed E-state index contributed by atoms with van der Waals surface area (Å²) in [4.78, 5) is 18.9. The first-order chi connectivity index (χ1) is 16.0. The monoisotopic (exact) mass is 469 g/mol. The van der Waals surface area contributed by atoms with E-state index in [0.717, 1.165) is 48.7 Å². The standard InChI is InChI=1S/C25H31N3O4S/c1-5-18-16-19(25(33-18)26-24(29)21-7-6-14-32-21)23(28-12-10-27(2)11-13-28)17-8-9-20(30-3)22(15-17)31-4/h6-9,14-16,23H,5,10-13H2,1-4H3,(H,26,29)/t23-/m0/s1. The Morgan fingerprint density at radius 3 is 2.52 bits per heavy atom. The Labute approximate surface area is 198 Å². The second-order valence-corrected chi connectivity index (χ2v) is 9.28.